The number of aryl methyl sites for hydroxylation is 3. The molecule has 0 unspecified atom stereocenters. The molecule has 4 aromatic rings. The Morgan fingerprint density at radius 1 is 0.971 bits per heavy atom. The molecule has 0 amide bonds. The van der Waals surface area contributed by atoms with Crippen molar-refractivity contribution in [2.75, 3.05) is 11.4 Å². The Balaban J connectivity index is 1.56. The standard InChI is InChI=1S/C27H31N5O2/c1-4-20-12-14-22(15-13-20)31-17-19(2)18-32-23-24(28-26(31)32)29(3)27(34)30(25(23)33)16-8-11-21-9-6-5-7-10-21/h5-7,9-10,12-15,19H,4,8,11,16-18H2,1-3H3/t19-/m1/s1. The van der Waals surface area contributed by atoms with E-state index in [2.05, 4.69) is 55.1 Å². The third kappa shape index (κ3) is 3.85. The minimum atomic E-state index is -0.312. The Morgan fingerprint density at radius 2 is 1.71 bits per heavy atom. The highest BCUT2D eigenvalue weighted by molar-refractivity contribution is 5.77. The number of hydrogen-bond acceptors (Lipinski definition) is 4. The van der Waals surface area contributed by atoms with Crippen LogP contribution in [0.3, 0.4) is 0 Å². The third-order valence-electron chi connectivity index (χ3n) is 6.79. The Kier molecular flexibility index (Phi) is 5.86. The summed E-state index contributed by atoms with van der Waals surface area (Å²) in [5.41, 5.74) is 3.94. The van der Waals surface area contributed by atoms with Crippen LogP contribution in [0.4, 0.5) is 11.6 Å². The summed E-state index contributed by atoms with van der Waals surface area (Å²) in [6.45, 7) is 6.22. The minimum Gasteiger partial charge on any atom is -0.312 e. The van der Waals surface area contributed by atoms with Gasteiger partial charge in [-0.05, 0) is 48.4 Å². The fourth-order valence-electron chi connectivity index (χ4n) is 4.92. The van der Waals surface area contributed by atoms with Gasteiger partial charge in [0, 0.05) is 32.4 Å². The second-order valence-electron chi connectivity index (χ2n) is 9.32. The minimum absolute atomic E-state index is 0.250. The van der Waals surface area contributed by atoms with Crippen molar-refractivity contribution >= 4 is 22.8 Å². The highest BCUT2D eigenvalue weighted by atomic mass is 16.2. The van der Waals surface area contributed by atoms with E-state index < -0.39 is 0 Å². The highest BCUT2D eigenvalue weighted by Gasteiger charge is 2.29. The van der Waals surface area contributed by atoms with Gasteiger partial charge in [-0.1, -0.05) is 56.3 Å². The molecule has 1 aliphatic rings. The van der Waals surface area contributed by atoms with E-state index in [4.69, 9.17) is 4.98 Å². The molecule has 34 heavy (non-hydrogen) atoms. The lowest BCUT2D eigenvalue weighted by molar-refractivity contribution is 0.457. The second-order valence-corrected chi connectivity index (χ2v) is 9.32. The molecule has 0 saturated carbocycles. The molecule has 7 heteroatoms. The van der Waals surface area contributed by atoms with Gasteiger partial charge in [0.2, 0.25) is 5.95 Å². The van der Waals surface area contributed by atoms with Crippen molar-refractivity contribution in [3.8, 4) is 0 Å². The topological polar surface area (TPSA) is 65.1 Å². The molecule has 176 valence electrons. The molecule has 0 saturated heterocycles. The van der Waals surface area contributed by atoms with Crippen LogP contribution in [0.25, 0.3) is 11.2 Å². The average molecular weight is 458 g/mol. The summed E-state index contributed by atoms with van der Waals surface area (Å²) in [6, 6.07) is 18.6. The summed E-state index contributed by atoms with van der Waals surface area (Å²) in [7, 11) is 1.71. The molecule has 0 aliphatic carbocycles. The normalized spacial score (nSPS) is 15.6. The van der Waals surface area contributed by atoms with E-state index in [0.717, 1.165) is 37.4 Å². The van der Waals surface area contributed by atoms with Crippen molar-refractivity contribution < 1.29 is 0 Å². The zero-order chi connectivity index (χ0) is 23.8. The van der Waals surface area contributed by atoms with Crippen LogP contribution in [0.5, 0.6) is 0 Å². The number of aromatic nitrogens is 4. The van der Waals surface area contributed by atoms with Gasteiger partial charge in [0.1, 0.15) is 0 Å². The first-order chi connectivity index (χ1) is 16.5. The Labute approximate surface area is 198 Å². The summed E-state index contributed by atoms with van der Waals surface area (Å²) in [5, 5.41) is 0. The Morgan fingerprint density at radius 3 is 2.41 bits per heavy atom. The predicted molar refractivity (Wildman–Crippen MR) is 136 cm³/mol. The van der Waals surface area contributed by atoms with E-state index >= 15 is 0 Å². The number of nitrogens with zero attached hydrogens (tertiary/aromatic N) is 5. The van der Waals surface area contributed by atoms with Crippen LogP contribution >= 0.6 is 0 Å². The summed E-state index contributed by atoms with van der Waals surface area (Å²) in [5.74, 6) is 1.06. The quantitative estimate of drug-likeness (QED) is 0.441. The lowest BCUT2D eigenvalue weighted by atomic mass is 10.1. The van der Waals surface area contributed by atoms with Crippen molar-refractivity contribution in [2.45, 2.75) is 46.2 Å². The Bertz CT molecular complexity index is 1430. The summed E-state index contributed by atoms with van der Waals surface area (Å²) in [6.07, 6.45) is 2.52. The van der Waals surface area contributed by atoms with Crippen LogP contribution < -0.4 is 16.1 Å². The molecule has 0 radical (unpaired) electrons. The van der Waals surface area contributed by atoms with Gasteiger partial charge in [-0.15, -0.1) is 0 Å². The molecule has 0 N–H and O–H groups in total. The van der Waals surface area contributed by atoms with Gasteiger partial charge in [0.05, 0.1) is 0 Å². The monoisotopic (exact) mass is 457 g/mol. The van der Waals surface area contributed by atoms with Crippen LogP contribution in [0.2, 0.25) is 0 Å². The fourth-order valence-corrected chi connectivity index (χ4v) is 4.92. The first-order valence-corrected chi connectivity index (χ1v) is 12.1. The summed E-state index contributed by atoms with van der Waals surface area (Å²) in [4.78, 5) is 33.7. The van der Waals surface area contributed by atoms with E-state index in [-0.39, 0.29) is 11.2 Å². The Hall–Kier alpha value is -3.61. The van der Waals surface area contributed by atoms with Crippen molar-refractivity contribution in [3.63, 3.8) is 0 Å². The third-order valence-corrected chi connectivity index (χ3v) is 6.79. The van der Waals surface area contributed by atoms with Crippen molar-refractivity contribution in [3.05, 3.63) is 86.6 Å². The number of benzene rings is 2. The first-order valence-electron chi connectivity index (χ1n) is 12.1. The van der Waals surface area contributed by atoms with Gasteiger partial charge in [0.25, 0.3) is 5.56 Å². The fraction of sp³-hybridized carbons (Fsp3) is 0.370. The van der Waals surface area contributed by atoms with Crippen molar-refractivity contribution in [1.29, 1.82) is 0 Å². The zero-order valence-electron chi connectivity index (χ0n) is 20.1. The molecular formula is C27H31N5O2. The van der Waals surface area contributed by atoms with E-state index in [0.29, 0.717) is 30.2 Å². The summed E-state index contributed by atoms with van der Waals surface area (Å²) >= 11 is 0. The molecule has 7 nitrogen and oxygen atoms in total. The number of anilines is 2. The average Bonchev–Trinajstić information content (AvgIpc) is 3.24. The van der Waals surface area contributed by atoms with Gasteiger partial charge >= 0.3 is 5.69 Å². The van der Waals surface area contributed by atoms with Gasteiger partial charge in [-0.3, -0.25) is 13.9 Å². The molecule has 3 heterocycles. The highest BCUT2D eigenvalue weighted by Crippen LogP contribution is 2.32. The molecule has 5 rings (SSSR count). The van der Waals surface area contributed by atoms with Crippen molar-refractivity contribution in [1.82, 2.24) is 18.7 Å². The van der Waals surface area contributed by atoms with E-state index in [9.17, 15) is 9.59 Å². The summed E-state index contributed by atoms with van der Waals surface area (Å²) < 4.78 is 4.90. The largest absolute Gasteiger partial charge is 0.332 e. The maximum atomic E-state index is 13.6. The maximum absolute atomic E-state index is 13.6. The van der Waals surface area contributed by atoms with Gasteiger partial charge in [0.15, 0.2) is 11.2 Å². The predicted octanol–water partition coefficient (Wildman–Crippen LogP) is 3.88. The van der Waals surface area contributed by atoms with Crippen LogP contribution in [0, 0.1) is 5.92 Å². The smallest absolute Gasteiger partial charge is 0.312 e. The van der Waals surface area contributed by atoms with Gasteiger partial charge in [-0.2, -0.15) is 4.98 Å². The maximum Gasteiger partial charge on any atom is 0.332 e. The van der Waals surface area contributed by atoms with Gasteiger partial charge < -0.3 is 9.47 Å². The number of imidazole rings is 1. The number of rotatable bonds is 6. The molecule has 2 aromatic carbocycles. The van der Waals surface area contributed by atoms with Gasteiger partial charge in [-0.25, -0.2) is 4.79 Å². The molecular weight excluding hydrogens is 426 g/mol. The molecule has 1 atom stereocenters. The van der Waals surface area contributed by atoms with Crippen LogP contribution in [0.15, 0.2) is 64.2 Å². The van der Waals surface area contributed by atoms with E-state index in [1.165, 1.54) is 20.3 Å². The molecule has 0 fully saturated rings. The lowest BCUT2D eigenvalue weighted by Crippen LogP contribution is -2.40. The van der Waals surface area contributed by atoms with E-state index in [1.54, 1.807) is 7.05 Å². The molecule has 0 bridgehead atoms. The van der Waals surface area contributed by atoms with Crippen LogP contribution in [-0.2, 0) is 33.0 Å². The number of fused-ring (bicyclic) bond motifs is 3. The second kappa shape index (κ2) is 8.97. The lowest BCUT2D eigenvalue weighted by Gasteiger charge is -2.33. The van der Waals surface area contributed by atoms with Crippen LogP contribution in [0.1, 0.15) is 31.4 Å². The van der Waals surface area contributed by atoms with Crippen molar-refractivity contribution in [2.24, 2.45) is 13.0 Å². The molecule has 2 aromatic heterocycles. The molecule has 1 aliphatic heterocycles. The zero-order valence-corrected chi connectivity index (χ0v) is 20.1. The van der Waals surface area contributed by atoms with Crippen LogP contribution in [-0.4, -0.2) is 25.2 Å². The number of hydrogen-bond donors (Lipinski definition) is 0. The first kappa shape index (κ1) is 22.2. The SMILES string of the molecule is CCc1ccc(N2C[C@@H](C)Cn3c2nc2c3c(=O)n(CCCc3ccccc3)c(=O)n2C)cc1. The van der Waals surface area contributed by atoms with E-state index in [1.807, 2.05) is 22.8 Å². The molecule has 0 spiro atoms.